The highest BCUT2D eigenvalue weighted by Gasteiger charge is 2.28. The summed E-state index contributed by atoms with van der Waals surface area (Å²) in [5, 5.41) is 45.6. The van der Waals surface area contributed by atoms with Crippen LogP contribution in [-0.4, -0.2) is 123 Å². The van der Waals surface area contributed by atoms with E-state index >= 15 is 0 Å². The summed E-state index contributed by atoms with van der Waals surface area (Å²) in [7, 11) is -23.3. The van der Waals surface area contributed by atoms with Crippen LogP contribution >= 0.6 is 12.0 Å². The van der Waals surface area contributed by atoms with Crippen LogP contribution in [-0.2, 0) is 68.2 Å². The van der Waals surface area contributed by atoms with Crippen LogP contribution in [0.15, 0.2) is 117 Å². The molecular formula is C33H37N9O20S6. The number of azo groups is 3. The van der Waals surface area contributed by atoms with E-state index in [0.29, 0.717) is 25.1 Å². The molecule has 0 heterocycles. The third-order valence-electron chi connectivity index (χ3n) is 8.10. The minimum Gasteiger partial charge on any atom is -0.478 e. The second-order valence-corrected chi connectivity index (χ2v) is 21.4. The predicted octanol–water partition coefficient (Wildman–Crippen LogP) is 3.77. The van der Waals surface area contributed by atoms with Crippen LogP contribution < -0.4 is 16.8 Å². The van der Waals surface area contributed by atoms with Crippen LogP contribution in [0.3, 0.4) is 0 Å². The molecule has 0 spiro atoms. The van der Waals surface area contributed by atoms with Crippen molar-refractivity contribution in [3.63, 3.8) is 0 Å². The van der Waals surface area contributed by atoms with Crippen LogP contribution in [0.5, 0.6) is 0 Å². The minimum atomic E-state index is -5.08. The monoisotopic (exact) mass is 1070 g/mol. The topological polar surface area (TPSA) is 464 Å². The summed E-state index contributed by atoms with van der Waals surface area (Å²) in [6, 6.07) is 11.9. The van der Waals surface area contributed by atoms with E-state index < -0.39 is 126 Å². The van der Waals surface area contributed by atoms with E-state index in [4.69, 9.17) is 34.9 Å². The number of nitrogen functional groups attached to an aromatic ring is 2. The maximum atomic E-state index is 12.9. The van der Waals surface area contributed by atoms with Gasteiger partial charge in [-0.2, -0.15) is 39.8 Å². The van der Waals surface area contributed by atoms with Gasteiger partial charge in [0, 0.05) is 18.0 Å². The van der Waals surface area contributed by atoms with Crippen molar-refractivity contribution in [1.29, 1.82) is 0 Å². The van der Waals surface area contributed by atoms with Gasteiger partial charge in [0.05, 0.1) is 82.5 Å². The normalized spacial score (nSPS) is 13.0. The highest BCUT2D eigenvalue weighted by atomic mass is 32.3. The molecule has 68 heavy (non-hydrogen) atoms. The summed E-state index contributed by atoms with van der Waals surface area (Å²) in [6.45, 7) is -1.33. The summed E-state index contributed by atoms with van der Waals surface area (Å²) >= 11 is 0.540. The summed E-state index contributed by atoms with van der Waals surface area (Å²) in [6.07, 6.45) is 0. The van der Waals surface area contributed by atoms with E-state index in [1.54, 1.807) is 0 Å². The van der Waals surface area contributed by atoms with Crippen molar-refractivity contribution >= 4 is 114 Å². The van der Waals surface area contributed by atoms with Gasteiger partial charge < -0.3 is 27.0 Å². The van der Waals surface area contributed by atoms with E-state index in [-0.39, 0.29) is 39.3 Å². The molecule has 4 rings (SSSR count). The van der Waals surface area contributed by atoms with Gasteiger partial charge in [-0.1, -0.05) is 0 Å². The lowest BCUT2D eigenvalue weighted by Gasteiger charge is -2.13. The van der Waals surface area contributed by atoms with Crippen molar-refractivity contribution in [3.8, 4) is 0 Å². The number of carboxylic acids is 1. The van der Waals surface area contributed by atoms with Gasteiger partial charge in [0.2, 0.25) is 0 Å². The lowest BCUT2D eigenvalue weighted by atomic mass is 10.1. The number of hydrogen-bond donors (Lipinski definition) is 8. The van der Waals surface area contributed by atoms with Gasteiger partial charge in [-0.15, -0.1) is 20.5 Å². The molecule has 0 saturated carbocycles. The number of aliphatic hydroxyl groups excluding tert-OH is 1. The lowest BCUT2D eigenvalue weighted by Crippen LogP contribution is -2.22. The van der Waals surface area contributed by atoms with Gasteiger partial charge in [-0.3, -0.25) is 13.7 Å². The molecule has 0 unspecified atom stereocenters. The van der Waals surface area contributed by atoms with E-state index in [1.165, 1.54) is 6.07 Å². The Morgan fingerprint density at radius 3 is 1.53 bits per heavy atom. The molecule has 0 aliphatic carbocycles. The molecule has 0 saturated heterocycles. The largest absolute Gasteiger partial charge is 0.478 e. The zero-order valence-electron chi connectivity index (χ0n) is 34.2. The van der Waals surface area contributed by atoms with Gasteiger partial charge in [0.1, 0.15) is 33.2 Å². The summed E-state index contributed by atoms with van der Waals surface area (Å²) < 4.78 is 159. The highest BCUT2D eigenvalue weighted by Crippen LogP contribution is 2.49. The van der Waals surface area contributed by atoms with Crippen molar-refractivity contribution in [2.45, 2.75) is 19.6 Å². The standard InChI is InChI=1S/C33H37N9O20S6/c34-28-30(40-37-20-1-6-23(7-2-20)64(46,47)17-15-60-67(53,54)55)27(33(44)45)31(41-39-25-10-5-22(19-26(25)66(50,51)52)63-62-59-14-12-36-11-13-43)29(35)32(28)42-38-21-3-8-24(9-4-21)65(48,49)18-16-61-68(56,57)58/h1-10,19,36,43H,11-18,34-35H2,(H,44,45)(H,50,51,52)(H,53,54,55)(H,56,57,58)/b40-37?,41-39?,42-38-. The number of aromatic carboxylic acids is 1. The first-order valence-electron chi connectivity index (χ1n) is 18.2. The van der Waals surface area contributed by atoms with Crippen LogP contribution in [0.4, 0.5) is 45.5 Å². The fraction of sp³-hybridized carbons (Fsp3) is 0.242. The Bertz CT molecular complexity index is 3140. The first kappa shape index (κ1) is 55.1. The molecule has 0 fully saturated rings. The summed E-state index contributed by atoms with van der Waals surface area (Å²) in [5.74, 6) is -3.53. The van der Waals surface area contributed by atoms with Crippen LogP contribution in [0.25, 0.3) is 0 Å². The van der Waals surface area contributed by atoms with E-state index in [9.17, 15) is 56.5 Å². The Labute approximate surface area is 390 Å². The maximum absolute atomic E-state index is 12.9. The number of carbonyl (C=O) groups is 1. The summed E-state index contributed by atoms with van der Waals surface area (Å²) in [5.41, 5.74) is 7.71. The molecule has 4 aromatic rings. The number of nitrogens with two attached hydrogens (primary N) is 2. The quantitative estimate of drug-likeness (QED) is 0.00843. The van der Waals surface area contributed by atoms with Gasteiger partial charge in [-0.25, -0.2) is 34.9 Å². The van der Waals surface area contributed by atoms with Gasteiger partial charge in [0.25, 0.3) is 10.1 Å². The first-order valence-corrected chi connectivity index (χ1v) is 26.5. The Morgan fingerprint density at radius 1 is 0.618 bits per heavy atom. The number of aliphatic hydroxyl groups is 1. The zero-order chi connectivity index (χ0) is 50.5. The molecule has 35 heteroatoms. The second kappa shape index (κ2) is 23.7. The Hall–Kier alpha value is -5.51. The number of benzene rings is 4. The Kier molecular flexibility index (Phi) is 19.2. The van der Waals surface area contributed by atoms with Gasteiger partial charge >= 0.3 is 26.8 Å². The number of nitrogens with one attached hydrogen (secondary N) is 1. The molecule has 10 N–H and O–H groups in total. The fourth-order valence-electron chi connectivity index (χ4n) is 5.01. The molecule has 0 radical (unpaired) electrons. The molecule has 370 valence electrons. The first-order chi connectivity index (χ1) is 31.7. The molecule has 0 atom stereocenters. The number of rotatable bonds is 26. The highest BCUT2D eigenvalue weighted by molar-refractivity contribution is 7.94. The zero-order valence-corrected chi connectivity index (χ0v) is 39.1. The second-order valence-electron chi connectivity index (χ2n) is 12.8. The molecule has 29 nitrogen and oxygen atoms in total. The van der Waals surface area contributed by atoms with Crippen LogP contribution in [0, 0.1) is 0 Å². The summed E-state index contributed by atoms with van der Waals surface area (Å²) in [4.78, 5) is 16.4. The lowest BCUT2D eigenvalue weighted by molar-refractivity contribution is -0.188. The average Bonchev–Trinajstić information content (AvgIpc) is 3.24. The molecule has 0 aromatic heterocycles. The predicted molar refractivity (Wildman–Crippen MR) is 236 cm³/mol. The van der Waals surface area contributed by atoms with Crippen molar-refractivity contribution in [2.75, 3.05) is 62.5 Å². The molecule has 4 aromatic carbocycles. The smallest absolute Gasteiger partial charge is 0.397 e. The molecule has 0 aliphatic heterocycles. The van der Waals surface area contributed by atoms with E-state index in [0.717, 1.165) is 60.7 Å². The maximum Gasteiger partial charge on any atom is 0.397 e. The third-order valence-corrected chi connectivity index (χ3v) is 13.9. The van der Waals surface area contributed by atoms with Gasteiger partial charge in [-0.05, 0) is 66.7 Å². The van der Waals surface area contributed by atoms with E-state index in [1.807, 2.05) is 0 Å². The number of sulfone groups is 2. The van der Waals surface area contributed by atoms with Crippen molar-refractivity contribution < 1.29 is 88.3 Å². The fourth-order valence-corrected chi connectivity index (χ4v) is 9.20. The van der Waals surface area contributed by atoms with Crippen LogP contribution in [0.1, 0.15) is 10.4 Å². The number of anilines is 2. The number of hydrogen-bond acceptors (Lipinski definition) is 26. The third kappa shape index (κ3) is 16.6. The van der Waals surface area contributed by atoms with Gasteiger partial charge in [0.15, 0.2) is 19.7 Å². The molecule has 0 aliphatic rings. The number of nitrogens with zero attached hydrogens (tertiary/aromatic N) is 6. The minimum absolute atomic E-state index is 0.0239. The SMILES string of the molecule is Nc1c(N=Nc2ccc(S(=O)(=O)CCOS(=O)(=O)O)cc2)c(C(=O)O)c(N=Nc2ccc(SOOCCNCCO)cc2S(=O)(=O)O)c(N)c1/N=N\c1ccc(S(=O)(=O)CCOS(=O)(=O)O)cc1. The molecular weight excluding hydrogens is 1030 g/mol. The van der Waals surface area contributed by atoms with Crippen LogP contribution in [0.2, 0.25) is 0 Å². The van der Waals surface area contributed by atoms with Crippen molar-refractivity contribution in [2.24, 2.45) is 30.7 Å². The average molecular weight is 1070 g/mol. The Morgan fingerprint density at radius 2 is 1.09 bits per heavy atom. The number of carboxylic acid groups (broad SMARTS) is 1. The van der Waals surface area contributed by atoms with Crippen molar-refractivity contribution in [1.82, 2.24) is 5.32 Å². The Balaban J connectivity index is 1.80. The van der Waals surface area contributed by atoms with Crippen molar-refractivity contribution in [3.05, 3.63) is 72.3 Å². The van der Waals surface area contributed by atoms with E-state index in [2.05, 4.69) is 44.4 Å². The molecule has 0 bridgehead atoms. The molecule has 0 amide bonds.